The Morgan fingerprint density at radius 1 is 1.14 bits per heavy atom. The predicted octanol–water partition coefficient (Wildman–Crippen LogP) is 3.11. The van der Waals surface area contributed by atoms with Crippen LogP contribution in [0.3, 0.4) is 0 Å². The molecule has 37 heavy (non-hydrogen) atoms. The van der Waals surface area contributed by atoms with Crippen LogP contribution < -0.4 is 15.5 Å². The van der Waals surface area contributed by atoms with Gasteiger partial charge in [0.2, 0.25) is 0 Å². The number of carbonyl (C=O) groups excluding carboxylic acids is 3. The van der Waals surface area contributed by atoms with Gasteiger partial charge < -0.3 is 15.0 Å². The molecule has 0 aliphatic carbocycles. The third-order valence-corrected chi connectivity index (χ3v) is 6.54. The van der Waals surface area contributed by atoms with Crippen molar-refractivity contribution in [2.45, 2.75) is 31.5 Å². The highest BCUT2D eigenvalue weighted by Crippen LogP contribution is 2.36. The number of pyridine rings is 2. The molecule has 2 unspecified atom stereocenters. The molecule has 10 nitrogen and oxygen atoms in total. The number of ether oxygens (including phenoxy) is 1. The first kappa shape index (κ1) is 26.3. The molecule has 0 spiro atoms. The quantitative estimate of drug-likeness (QED) is 0.226. The van der Waals surface area contributed by atoms with Crippen LogP contribution in [0.2, 0.25) is 10.3 Å². The van der Waals surface area contributed by atoms with Crippen molar-refractivity contribution in [2.24, 2.45) is 0 Å². The molecular weight excluding hydrogens is 521 g/mol. The zero-order valence-electron chi connectivity index (χ0n) is 19.6. The van der Waals surface area contributed by atoms with Crippen LogP contribution >= 0.6 is 23.2 Å². The van der Waals surface area contributed by atoms with Crippen molar-refractivity contribution < 1.29 is 24.3 Å². The normalized spacial score (nSPS) is 17.8. The van der Waals surface area contributed by atoms with E-state index in [9.17, 15) is 14.4 Å². The van der Waals surface area contributed by atoms with E-state index in [0.717, 1.165) is 5.56 Å². The number of rotatable bonds is 8. The van der Waals surface area contributed by atoms with Gasteiger partial charge in [-0.25, -0.2) is 10.5 Å². The molecule has 1 saturated heterocycles. The fraction of sp³-hybridized carbons (Fsp3) is 0.240. The van der Waals surface area contributed by atoms with Gasteiger partial charge in [0.25, 0.3) is 17.7 Å². The van der Waals surface area contributed by atoms with E-state index >= 15 is 0 Å². The zero-order chi connectivity index (χ0) is 26.6. The molecular formula is C25H23Cl2N5O5. The van der Waals surface area contributed by atoms with Crippen molar-refractivity contribution in [2.75, 3.05) is 6.54 Å². The Morgan fingerprint density at radius 2 is 1.78 bits per heavy atom. The predicted molar refractivity (Wildman–Crippen MR) is 134 cm³/mol. The van der Waals surface area contributed by atoms with E-state index in [1.54, 1.807) is 41.9 Å². The van der Waals surface area contributed by atoms with Gasteiger partial charge in [-0.2, -0.15) is 0 Å². The molecule has 3 amide bonds. The summed E-state index contributed by atoms with van der Waals surface area (Å²) in [6.07, 6.45) is 3.17. The average Bonchev–Trinajstić information content (AvgIpc) is 3.23. The monoisotopic (exact) mass is 543 g/mol. The molecule has 0 bridgehead atoms. The van der Waals surface area contributed by atoms with Crippen LogP contribution in [0, 0.1) is 0 Å². The number of carbonyl (C=O) groups is 3. The minimum absolute atomic E-state index is 0.186. The molecule has 1 fully saturated rings. The minimum Gasteiger partial charge on any atom is -0.489 e. The summed E-state index contributed by atoms with van der Waals surface area (Å²) in [6.45, 7) is 1.87. The Morgan fingerprint density at radius 3 is 2.41 bits per heavy atom. The molecule has 1 aromatic carbocycles. The number of aromatic nitrogens is 2. The molecule has 12 heteroatoms. The highest BCUT2D eigenvalue weighted by Gasteiger charge is 2.51. The summed E-state index contributed by atoms with van der Waals surface area (Å²) in [6, 6.07) is 12.1. The van der Waals surface area contributed by atoms with E-state index < -0.39 is 29.3 Å². The van der Waals surface area contributed by atoms with Crippen LogP contribution in [0.4, 0.5) is 0 Å². The van der Waals surface area contributed by atoms with Gasteiger partial charge in [-0.1, -0.05) is 35.3 Å². The number of hydrogen-bond donors (Lipinski definition) is 3. The highest BCUT2D eigenvalue weighted by atomic mass is 35.5. The van der Waals surface area contributed by atoms with Gasteiger partial charge in [-0.15, -0.1) is 0 Å². The van der Waals surface area contributed by atoms with Crippen molar-refractivity contribution in [3.8, 4) is 5.75 Å². The molecule has 0 saturated carbocycles. The first-order valence-corrected chi connectivity index (χ1v) is 12.0. The number of benzene rings is 1. The van der Waals surface area contributed by atoms with E-state index in [4.69, 9.17) is 33.1 Å². The lowest BCUT2D eigenvalue weighted by Gasteiger charge is -2.31. The van der Waals surface area contributed by atoms with Crippen molar-refractivity contribution >= 4 is 40.9 Å². The molecule has 1 aliphatic rings. The maximum absolute atomic E-state index is 13.7. The van der Waals surface area contributed by atoms with Gasteiger partial charge in [0.1, 0.15) is 34.2 Å². The van der Waals surface area contributed by atoms with Gasteiger partial charge in [0, 0.05) is 30.9 Å². The summed E-state index contributed by atoms with van der Waals surface area (Å²) in [4.78, 5) is 47.9. The number of hydroxylamine groups is 1. The lowest BCUT2D eigenvalue weighted by Crippen LogP contribution is -2.54. The second-order valence-corrected chi connectivity index (χ2v) is 9.20. The SMILES string of the molecule is CC(C(=O)NO)N1CCC(NC(=O)c2ccncc2)(c2ccc(OCc3cc(Cl)nc(Cl)c3)cc2)C1=O. The van der Waals surface area contributed by atoms with Crippen molar-refractivity contribution in [1.29, 1.82) is 0 Å². The fourth-order valence-corrected chi connectivity index (χ4v) is 4.68. The molecule has 192 valence electrons. The first-order chi connectivity index (χ1) is 17.7. The number of amides is 3. The standard InChI is InChI=1S/C25H23Cl2N5O5/c1-15(22(33)31-36)32-11-8-25(24(32)35,30-23(34)17-6-9-28-10-7-17)18-2-4-19(5-3-18)37-14-16-12-20(26)29-21(27)13-16/h2-7,9-10,12-13,15,36H,8,11,14H2,1H3,(H,30,34)(H,31,33). The Balaban J connectivity index is 1.60. The van der Waals surface area contributed by atoms with Gasteiger partial charge in [0.15, 0.2) is 0 Å². The Bertz CT molecular complexity index is 1290. The second-order valence-electron chi connectivity index (χ2n) is 8.43. The Hall–Kier alpha value is -3.73. The van der Waals surface area contributed by atoms with Gasteiger partial charge in [-0.05, 0) is 54.4 Å². The molecule has 2 aromatic heterocycles. The smallest absolute Gasteiger partial charge is 0.265 e. The number of nitrogens with zero attached hydrogens (tertiary/aromatic N) is 3. The second kappa shape index (κ2) is 11.1. The maximum atomic E-state index is 13.7. The lowest BCUT2D eigenvalue weighted by molar-refractivity contribution is -0.143. The van der Waals surface area contributed by atoms with Crippen molar-refractivity contribution in [1.82, 2.24) is 25.7 Å². The van der Waals surface area contributed by atoms with Gasteiger partial charge >= 0.3 is 0 Å². The average molecular weight is 544 g/mol. The Kier molecular flexibility index (Phi) is 7.91. The van der Waals surface area contributed by atoms with E-state index in [1.165, 1.54) is 36.4 Å². The third kappa shape index (κ3) is 5.66. The number of hydrogen-bond acceptors (Lipinski definition) is 7. The summed E-state index contributed by atoms with van der Waals surface area (Å²) < 4.78 is 5.82. The third-order valence-electron chi connectivity index (χ3n) is 6.16. The van der Waals surface area contributed by atoms with Crippen molar-refractivity contribution in [3.63, 3.8) is 0 Å². The summed E-state index contributed by atoms with van der Waals surface area (Å²) in [5, 5.41) is 12.4. The number of halogens is 2. The minimum atomic E-state index is -1.44. The van der Waals surface area contributed by atoms with E-state index in [0.29, 0.717) is 16.9 Å². The lowest BCUT2D eigenvalue weighted by atomic mass is 9.87. The van der Waals surface area contributed by atoms with Crippen LogP contribution in [-0.4, -0.2) is 50.4 Å². The summed E-state index contributed by atoms with van der Waals surface area (Å²) in [5.41, 5.74) is 1.71. The van der Waals surface area contributed by atoms with Crippen LogP contribution in [0.15, 0.2) is 60.9 Å². The number of nitrogens with one attached hydrogen (secondary N) is 2. The summed E-state index contributed by atoms with van der Waals surface area (Å²) >= 11 is 11.9. The van der Waals surface area contributed by atoms with Gasteiger partial charge in [-0.3, -0.25) is 24.6 Å². The highest BCUT2D eigenvalue weighted by molar-refractivity contribution is 6.32. The largest absolute Gasteiger partial charge is 0.489 e. The van der Waals surface area contributed by atoms with Crippen LogP contribution in [-0.2, 0) is 21.7 Å². The van der Waals surface area contributed by atoms with E-state index in [1.807, 2.05) is 0 Å². The molecule has 3 N–H and O–H groups in total. The van der Waals surface area contributed by atoms with Crippen LogP contribution in [0.1, 0.15) is 34.8 Å². The molecule has 4 rings (SSSR count). The van der Waals surface area contributed by atoms with Crippen LogP contribution in [0.25, 0.3) is 0 Å². The van der Waals surface area contributed by atoms with E-state index in [-0.39, 0.29) is 29.9 Å². The topological polar surface area (TPSA) is 134 Å². The maximum Gasteiger partial charge on any atom is 0.265 e. The van der Waals surface area contributed by atoms with E-state index in [2.05, 4.69) is 15.3 Å². The molecule has 0 radical (unpaired) electrons. The number of likely N-dealkylation sites (tertiary alicyclic amines) is 1. The fourth-order valence-electron chi connectivity index (χ4n) is 4.17. The van der Waals surface area contributed by atoms with Crippen molar-refractivity contribution in [3.05, 3.63) is 87.9 Å². The molecule has 3 heterocycles. The molecule has 3 aromatic rings. The Labute approximate surface area is 222 Å². The molecule has 2 atom stereocenters. The zero-order valence-corrected chi connectivity index (χ0v) is 21.2. The molecule has 1 aliphatic heterocycles. The summed E-state index contributed by atoms with van der Waals surface area (Å²) in [7, 11) is 0. The summed E-state index contributed by atoms with van der Waals surface area (Å²) in [5.74, 6) is -1.16. The van der Waals surface area contributed by atoms with Gasteiger partial charge in [0.05, 0.1) is 0 Å². The first-order valence-electron chi connectivity index (χ1n) is 11.3. The van der Waals surface area contributed by atoms with Crippen LogP contribution in [0.5, 0.6) is 5.75 Å².